The normalized spacial score (nSPS) is 21.0. The van der Waals surface area contributed by atoms with E-state index in [1.165, 1.54) is 57.8 Å². The lowest BCUT2D eigenvalue weighted by molar-refractivity contribution is -0.301. The quantitative estimate of drug-likeness (QED) is 0.0201. The molecule has 1 saturated heterocycles. The highest BCUT2D eigenvalue weighted by Crippen LogP contribution is 2.26. The molecule has 13 heteroatoms. The Morgan fingerprint density at radius 1 is 0.672 bits per heavy atom. The summed E-state index contributed by atoms with van der Waals surface area (Å²) < 4.78 is 59.0. The minimum Gasteiger partial charge on any atom is -0.457 e. The summed E-state index contributed by atoms with van der Waals surface area (Å²) in [5.74, 6) is -0.414. The topological polar surface area (TPSA) is 178 Å². The van der Waals surface area contributed by atoms with Crippen LogP contribution in [0.3, 0.4) is 0 Å². The number of aliphatic hydroxyl groups excluding tert-OH is 3. The highest BCUT2D eigenvalue weighted by molar-refractivity contribution is 7.80. The van der Waals surface area contributed by atoms with Gasteiger partial charge in [0.25, 0.3) is 0 Å². The molecule has 338 valence electrons. The first-order chi connectivity index (χ1) is 28.1. The van der Waals surface area contributed by atoms with Crippen LogP contribution in [0.15, 0.2) is 48.6 Å². The van der Waals surface area contributed by atoms with Crippen molar-refractivity contribution >= 4 is 16.4 Å². The van der Waals surface area contributed by atoms with Gasteiger partial charge in [-0.25, -0.2) is 4.18 Å². The third-order valence-electron chi connectivity index (χ3n) is 9.97. The Morgan fingerprint density at radius 2 is 1.19 bits per heavy atom. The van der Waals surface area contributed by atoms with Crippen LogP contribution >= 0.6 is 0 Å². The molecule has 6 unspecified atom stereocenters. The second kappa shape index (κ2) is 36.9. The minimum absolute atomic E-state index is 0.0306. The third kappa shape index (κ3) is 30.1. The molecule has 0 aromatic heterocycles. The number of carbonyl (C=O) groups excluding carboxylic acids is 1. The first kappa shape index (κ1) is 54.1. The molecule has 12 nitrogen and oxygen atoms in total. The molecule has 0 saturated carbocycles. The van der Waals surface area contributed by atoms with E-state index < -0.39 is 59.8 Å². The summed E-state index contributed by atoms with van der Waals surface area (Å²) in [6.45, 7) is 3.85. The van der Waals surface area contributed by atoms with Gasteiger partial charge in [0.15, 0.2) is 6.29 Å². The third-order valence-corrected chi connectivity index (χ3v) is 10.4. The Kier molecular flexibility index (Phi) is 34.4. The number of carbonyl (C=O) groups is 1. The summed E-state index contributed by atoms with van der Waals surface area (Å²) in [7, 11) is -5.06. The van der Waals surface area contributed by atoms with Gasteiger partial charge in [-0.05, 0) is 51.4 Å². The van der Waals surface area contributed by atoms with Crippen molar-refractivity contribution in [3.8, 4) is 0 Å². The summed E-state index contributed by atoms with van der Waals surface area (Å²) in [5, 5.41) is 30.6. The summed E-state index contributed by atoms with van der Waals surface area (Å²) in [5.41, 5.74) is 0. The molecule has 1 rings (SSSR count). The van der Waals surface area contributed by atoms with Crippen LogP contribution in [-0.2, 0) is 38.3 Å². The van der Waals surface area contributed by atoms with Gasteiger partial charge >= 0.3 is 16.4 Å². The Balaban J connectivity index is 2.43. The molecule has 58 heavy (non-hydrogen) atoms. The van der Waals surface area contributed by atoms with Crippen molar-refractivity contribution in [3.63, 3.8) is 0 Å². The number of rotatable bonds is 38. The van der Waals surface area contributed by atoms with E-state index in [2.05, 4.69) is 66.6 Å². The van der Waals surface area contributed by atoms with Crippen LogP contribution in [0.4, 0.5) is 0 Å². The SMILES string of the molecule is CC/C=C\C/C=C\C/C=C\C/C=C\CCCCCCCCC(=O)OC(COCCCCCCCCCCCCCC)COC1OC(CO)C(O)C(OS(=O)(=O)O)C1O. The van der Waals surface area contributed by atoms with Crippen molar-refractivity contribution in [3.05, 3.63) is 48.6 Å². The molecule has 1 aliphatic heterocycles. The molecule has 0 spiro atoms. The maximum atomic E-state index is 12.8. The maximum absolute atomic E-state index is 12.8. The molecule has 0 aliphatic carbocycles. The van der Waals surface area contributed by atoms with Crippen molar-refractivity contribution in [1.82, 2.24) is 0 Å². The Labute approximate surface area is 351 Å². The van der Waals surface area contributed by atoms with Crippen LogP contribution in [0.25, 0.3) is 0 Å². The average molecular weight is 845 g/mol. The van der Waals surface area contributed by atoms with E-state index in [9.17, 15) is 28.5 Å². The molecule has 0 radical (unpaired) electrons. The van der Waals surface area contributed by atoms with E-state index in [4.69, 9.17) is 23.5 Å². The first-order valence-corrected chi connectivity index (χ1v) is 23.8. The molecule has 6 atom stereocenters. The number of hydrogen-bond acceptors (Lipinski definition) is 11. The lowest BCUT2D eigenvalue weighted by Gasteiger charge is -2.41. The predicted octanol–water partition coefficient (Wildman–Crippen LogP) is 9.19. The number of esters is 1. The molecule has 1 fully saturated rings. The van der Waals surface area contributed by atoms with Gasteiger partial charge in [-0.3, -0.25) is 9.35 Å². The van der Waals surface area contributed by atoms with Gasteiger partial charge in [-0.1, -0.05) is 159 Å². The Morgan fingerprint density at radius 3 is 1.74 bits per heavy atom. The van der Waals surface area contributed by atoms with Crippen LogP contribution < -0.4 is 0 Å². The van der Waals surface area contributed by atoms with E-state index in [0.29, 0.717) is 13.0 Å². The molecular formula is C45H80O12S. The molecule has 0 bridgehead atoms. The smallest absolute Gasteiger partial charge is 0.397 e. The van der Waals surface area contributed by atoms with Crippen LogP contribution in [-0.4, -0.2) is 97.5 Å². The molecular weight excluding hydrogens is 765 g/mol. The van der Waals surface area contributed by atoms with Gasteiger partial charge in [0.05, 0.1) is 19.8 Å². The highest BCUT2D eigenvalue weighted by atomic mass is 32.3. The Bertz CT molecular complexity index is 1200. The average Bonchev–Trinajstić information content (AvgIpc) is 3.19. The van der Waals surface area contributed by atoms with Crippen LogP contribution in [0.5, 0.6) is 0 Å². The van der Waals surface area contributed by atoms with E-state index in [-0.39, 0.29) is 19.6 Å². The largest absolute Gasteiger partial charge is 0.457 e. The van der Waals surface area contributed by atoms with Gasteiger partial charge in [-0.2, -0.15) is 8.42 Å². The van der Waals surface area contributed by atoms with Crippen molar-refractivity contribution in [2.45, 2.75) is 205 Å². The molecule has 0 aromatic carbocycles. The zero-order valence-electron chi connectivity index (χ0n) is 35.8. The fourth-order valence-corrected chi connectivity index (χ4v) is 7.11. The maximum Gasteiger partial charge on any atom is 0.397 e. The second-order valence-electron chi connectivity index (χ2n) is 15.3. The van der Waals surface area contributed by atoms with Crippen molar-refractivity contribution in [2.75, 3.05) is 26.4 Å². The first-order valence-electron chi connectivity index (χ1n) is 22.4. The van der Waals surface area contributed by atoms with Crippen LogP contribution in [0.2, 0.25) is 0 Å². The van der Waals surface area contributed by atoms with E-state index in [1.54, 1.807) is 0 Å². The number of aliphatic hydroxyl groups is 3. The summed E-state index contributed by atoms with van der Waals surface area (Å²) in [4.78, 5) is 12.8. The van der Waals surface area contributed by atoms with Crippen molar-refractivity contribution in [1.29, 1.82) is 0 Å². The minimum atomic E-state index is -5.06. The standard InChI is InChI=1S/C45H80O12S/c1-3-5-7-9-11-13-15-17-18-19-20-21-22-23-24-26-28-30-32-34-41(47)55-39(37-53-35-33-31-29-27-25-16-14-12-10-8-6-4-2)38-54-45-43(49)44(57-58(50,51)52)42(48)40(36-46)56-45/h5,7,11,13,17-18,20-21,39-40,42-46,48-49H,3-4,6,8-10,12,14-16,19,22-38H2,1-2H3,(H,50,51,52)/b7-5-,13-11-,18-17-,21-20-. The van der Waals surface area contributed by atoms with E-state index >= 15 is 0 Å². The number of allylic oxidation sites excluding steroid dienone is 8. The lowest BCUT2D eigenvalue weighted by atomic mass is 9.99. The summed E-state index contributed by atoms with van der Waals surface area (Å²) in [6.07, 6.45) is 34.3. The van der Waals surface area contributed by atoms with Crippen LogP contribution in [0, 0.1) is 0 Å². The fourth-order valence-electron chi connectivity index (χ4n) is 6.60. The fraction of sp³-hybridized carbons (Fsp3) is 0.800. The predicted molar refractivity (Wildman–Crippen MR) is 230 cm³/mol. The van der Waals surface area contributed by atoms with Gasteiger partial charge in [-0.15, -0.1) is 0 Å². The summed E-state index contributed by atoms with van der Waals surface area (Å²) >= 11 is 0. The molecule has 4 N–H and O–H groups in total. The molecule has 1 heterocycles. The van der Waals surface area contributed by atoms with Gasteiger partial charge in [0.1, 0.15) is 30.5 Å². The number of ether oxygens (including phenoxy) is 4. The van der Waals surface area contributed by atoms with E-state index in [0.717, 1.165) is 83.5 Å². The van der Waals surface area contributed by atoms with Gasteiger partial charge in [0, 0.05) is 13.0 Å². The van der Waals surface area contributed by atoms with Gasteiger partial charge < -0.3 is 34.3 Å². The zero-order chi connectivity index (χ0) is 42.5. The second-order valence-corrected chi connectivity index (χ2v) is 16.3. The zero-order valence-corrected chi connectivity index (χ0v) is 36.7. The monoisotopic (exact) mass is 845 g/mol. The van der Waals surface area contributed by atoms with Crippen molar-refractivity contribution in [2.24, 2.45) is 0 Å². The highest BCUT2D eigenvalue weighted by Gasteiger charge is 2.48. The van der Waals surface area contributed by atoms with E-state index in [1.807, 2.05) is 0 Å². The van der Waals surface area contributed by atoms with Gasteiger partial charge in [0.2, 0.25) is 0 Å². The molecule has 0 amide bonds. The lowest BCUT2D eigenvalue weighted by Crippen LogP contribution is -2.60. The molecule has 1 aliphatic rings. The molecule has 0 aromatic rings. The number of unbranched alkanes of at least 4 members (excludes halogenated alkanes) is 17. The van der Waals surface area contributed by atoms with Crippen molar-refractivity contribution < 1.29 is 56.2 Å². The van der Waals surface area contributed by atoms with Crippen LogP contribution in [0.1, 0.15) is 168 Å². The Hall–Kier alpha value is -1.94. The summed E-state index contributed by atoms with van der Waals surface area (Å²) in [6, 6.07) is 0. The number of hydrogen-bond donors (Lipinski definition) is 4.